The highest BCUT2D eigenvalue weighted by Crippen LogP contribution is 2.32. The van der Waals surface area contributed by atoms with E-state index in [4.69, 9.17) is 9.47 Å². The second-order valence-corrected chi connectivity index (χ2v) is 5.09. The Kier molecular flexibility index (Phi) is 4.16. The molecular formula is C15H11N3O7. The molecule has 0 fully saturated rings. The smallest absolute Gasteiger partial charge is 0.289 e. The molecule has 0 saturated heterocycles. The molecule has 2 aromatic carbocycles. The maximum Gasteiger partial charge on any atom is 0.289 e. The van der Waals surface area contributed by atoms with Crippen LogP contribution >= 0.6 is 0 Å². The van der Waals surface area contributed by atoms with E-state index in [1.165, 1.54) is 0 Å². The number of carbonyl (C=O) groups is 1. The van der Waals surface area contributed by atoms with Gasteiger partial charge in [-0.15, -0.1) is 0 Å². The van der Waals surface area contributed by atoms with Gasteiger partial charge in [-0.25, -0.2) is 0 Å². The van der Waals surface area contributed by atoms with Crippen molar-refractivity contribution in [1.29, 1.82) is 0 Å². The van der Waals surface area contributed by atoms with Crippen LogP contribution in [0.4, 0.5) is 11.4 Å². The summed E-state index contributed by atoms with van der Waals surface area (Å²) in [6, 6.07) is 7.96. The number of nitrogens with zero attached hydrogens (tertiary/aromatic N) is 2. The Morgan fingerprint density at radius 2 is 1.80 bits per heavy atom. The van der Waals surface area contributed by atoms with E-state index in [0.717, 1.165) is 18.2 Å². The molecule has 0 aliphatic carbocycles. The minimum atomic E-state index is -0.831. The molecule has 1 N–H and O–H groups in total. The molecule has 1 heterocycles. The molecule has 0 atom stereocenters. The third-order valence-corrected chi connectivity index (χ3v) is 3.52. The first-order chi connectivity index (χ1) is 12.0. The molecule has 0 radical (unpaired) electrons. The zero-order chi connectivity index (χ0) is 18.0. The second-order valence-electron chi connectivity index (χ2n) is 5.09. The lowest BCUT2D eigenvalue weighted by molar-refractivity contribution is -0.394. The normalized spacial score (nSPS) is 11.8. The average molecular weight is 345 g/mol. The van der Waals surface area contributed by atoms with Crippen LogP contribution in [-0.4, -0.2) is 22.5 Å². The van der Waals surface area contributed by atoms with E-state index in [0.29, 0.717) is 17.1 Å². The number of fused-ring (bicyclic) bond motifs is 1. The highest BCUT2D eigenvalue weighted by molar-refractivity contribution is 5.98. The number of carbonyl (C=O) groups excluding carboxylic acids is 1. The first kappa shape index (κ1) is 16.2. The lowest BCUT2D eigenvalue weighted by atomic mass is 10.1. The summed E-state index contributed by atoms with van der Waals surface area (Å²) in [5.41, 5.74) is -0.630. The number of benzene rings is 2. The molecule has 0 saturated carbocycles. The van der Waals surface area contributed by atoms with E-state index in [9.17, 15) is 25.0 Å². The molecule has 2 aromatic rings. The maximum absolute atomic E-state index is 12.2. The Morgan fingerprint density at radius 3 is 2.52 bits per heavy atom. The highest BCUT2D eigenvalue weighted by atomic mass is 16.7. The maximum atomic E-state index is 12.2. The van der Waals surface area contributed by atoms with Crippen molar-refractivity contribution >= 4 is 17.3 Å². The van der Waals surface area contributed by atoms with Gasteiger partial charge in [-0.3, -0.25) is 25.0 Å². The van der Waals surface area contributed by atoms with Gasteiger partial charge in [0, 0.05) is 12.6 Å². The van der Waals surface area contributed by atoms with Gasteiger partial charge in [0.25, 0.3) is 17.3 Å². The molecule has 1 aliphatic rings. The van der Waals surface area contributed by atoms with E-state index >= 15 is 0 Å². The molecule has 1 aliphatic heterocycles. The summed E-state index contributed by atoms with van der Waals surface area (Å²) >= 11 is 0. The molecule has 0 bridgehead atoms. The van der Waals surface area contributed by atoms with Crippen molar-refractivity contribution in [2.24, 2.45) is 0 Å². The summed E-state index contributed by atoms with van der Waals surface area (Å²) in [4.78, 5) is 32.4. The number of nitro benzene ring substituents is 2. The monoisotopic (exact) mass is 345 g/mol. The summed E-state index contributed by atoms with van der Waals surface area (Å²) in [6.07, 6.45) is 0. The third-order valence-electron chi connectivity index (χ3n) is 3.52. The molecule has 25 heavy (non-hydrogen) atoms. The first-order valence-corrected chi connectivity index (χ1v) is 7.05. The van der Waals surface area contributed by atoms with Crippen LogP contribution in [0, 0.1) is 20.2 Å². The highest BCUT2D eigenvalue weighted by Gasteiger charge is 2.24. The van der Waals surface area contributed by atoms with Crippen molar-refractivity contribution in [2.75, 3.05) is 6.79 Å². The molecule has 0 unspecified atom stereocenters. The van der Waals surface area contributed by atoms with E-state index in [-0.39, 0.29) is 18.9 Å². The lowest BCUT2D eigenvalue weighted by Crippen LogP contribution is -2.23. The number of ether oxygens (including phenoxy) is 2. The number of rotatable bonds is 5. The van der Waals surface area contributed by atoms with Crippen LogP contribution in [0.3, 0.4) is 0 Å². The Hall–Kier alpha value is -3.69. The number of hydrogen-bond acceptors (Lipinski definition) is 7. The quantitative estimate of drug-likeness (QED) is 0.648. The fourth-order valence-corrected chi connectivity index (χ4v) is 2.31. The van der Waals surface area contributed by atoms with Gasteiger partial charge in [0.15, 0.2) is 11.5 Å². The summed E-state index contributed by atoms with van der Waals surface area (Å²) in [6.45, 7) is 0.226. The van der Waals surface area contributed by atoms with Gasteiger partial charge in [0.05, 0.1) is 15.9 Å². The number of nitro groups is 2. The molecule has 3 rings (SSSR count). The topological polar surface area (TPSA) is 134 Å². The minimum Gasteiger partial charge on any atom is -0.454 e. The van der Waals surface area contributed by atoms with Crippen molar-refractivity contribution < 1.29 is 24.1 Å². The fourth-order valence-electron chi connectivity index (χ4n) is 2.31. The van der Waals surface area contributed by atoms with Crippen LogP contribution in [0.2, 0.25) is 0 Å². The van der Waals surface area contributed by atoms with Crippen LogP contribution in [0.25, 0.3) is 0 Å². The van der Waals surface area contributed by atoms with E-state index in [1.54, 1.807) is 18.2 Å². The summed E-state index contributed by atoms with van der Waals surface area (Å²) in [7, 11) is 0. The number of hydrogen-bond donors (Lipinski definition) is 1. The summed E-state index contributed by atoms with van der Waals surface area (Å²) in [5, 5.41) is 24.3. The van der Waals surface area contributed by atoms with Gasteiger partial charge in [-0.2, -0.15) is 0 Å². The Bertz CT molecular complexity index is 881. The van der Waals surface area contributed by atoms with Crippen LogP contribution in [0.1, 0.15) is 15.9 Å². The molecule has 0 spiro atoms. The molecule has 128 valence electrons. The standard InChI is InChI=1S/C15H11N3O7/c19-15(11-3-2-10(17(20)21)6-12(11)18(22)23)16-7-9-1-4-13-14(5-9)25-8-24-13/h1-6H,7-8H2,(H,16,19). The largest absolute Gasteiger partial charge is 0.454 e. The number of amides is 1. The summed E-state index contributed by atoms with van der Waals surface area (Å²) < 4.78 is 10.4. The molecule has 10 nitrogen and oxygen atoms in total. The van der Waals surface area contributed by atoms with Crippen molar-refractivity contribution in [2.45, 2.75) is 6.54 Å². The molecule has 10 heteroatoms. The van der Waals surface area contributed by atoms with Crippen LogP contribution in [0.15, 0.2) is 36.4 Å². The molecule has 1 amide bonds. The van der Waals surface area contributed by atoms with Crippen molar-refractivity contribution in [1.82, 2.24) is 5.32 Å². The fraction of sp³-hybridized carbons (Fsp3) is 0.133. The van der Waals surface area contributed by atoms with E-state index < -0.39 is 27.1 Å². The van der Waals surface area contributed by atoms with Crippen molar-refractivity contribution in [3.05, 3.63) is 67.8 Å². The third kappa shape index (κ3) is 3.32. The van der Waals surface area contributed by atoms with Crippen molar-refractivity contribution in [3.63, 3.8) is 0 Å². The molecular weight excluding hydrogens is 334 g/mol. The second kappa shape index (κ2) is 6.43. The summed E-state index contributed by atoms with van der Waals surface area (Å²) in [5.74, 6) is 0.438. The van der Waals surface area contributed by atoms with Gasteiger partial charge in [-0.1, -0.05) is 6.07 Å². The predicted octanol–water partition coefficient (Wildman–Crippen LogP) is 2.16. The SMILES string of the molecule is O=C(NCc1ccc2c(c1)OCO2)c1ccc([N+](=O)[O-])cc1[N+](=O)[O-]. The predicted molar refractivity (Wildman–Crippen MR) is 83.5 cm³/mol. The molecule has 0 aromatic heterocycles. The minimum absolute atomic E-state index is 0.101. The Balaban J connectivity index is 1.77. The van der Waals surface area contributed by atoms with Gasteiger partial charge in [0.1, 0.15) is 5.56 Å². The van der Waals surface area contributed by atoms with E-state index in [1.807, 2.05) is 0 Å². The van der Waals surface area contributed by atoms with Crippen molar-refractivity contribution in [3.8, 4) is 11.5 Å². The van der Waals surface area contributed by atoms with Crippen LogP contribution < -0.4 is 14.8 Å². The Labute approximate surface area is 140 Å². The number of non-ortho nitro benzene ring substituents is 1. The first-order valence-electron chi connectivity index (χ1n) is 7.05. The van der Waals surface area contributed by atoms with Gasteiger partial charge in [0.2, 0.25) is 6.79 Å². The zero-order valence-corrected chi connectivity index (χ0v) is 12.6. The van der Waals surface area contributed by atoms with Crippen LogP contribution in [0.5, 0.6) is 11.5 Å². The Morgan fingerprint density at radius 1 is 1.04 bits per heavy atom. The van der Waals surface area contributed by atoms with Gasteiger partial charge < -0.3 is 14.8 Å². The average Bonchev–Trinajstić information content (AvgIpc) is 3.06. The van der Waals surface area contributed by atoms with Gasteiger partial charge >= 0.3 is 0 Å². The van der Waals surface area contributed by atoms with Crippen LogP contribution in [-0.2, 0) is 6.54 Å². The lowest BCUT2D eigenvalue weighted by Gasteiger charge is -2.07. The van der Waals surface area contributed by atoms with E-state index in [2.05, 4.69) is 5.32 Å². The van der Waals surface area contributed by atoms with Gasteiger partial charge in [-0.05, 0) is 23.8 Å². The number of nitrogens with one attached hydrogen (secondary N) is 1. The zero-order valence-electron chi connectivity index (χ0n) is 12.6.